The van der Waals surface area contributed by atoms with Crippen LogP contribution in [0, 0.1) is 12.3 Å². The van der Waals surface area contributed by atoms with E-state index in [4.69, 9.17) is 5.41 Å². The van der Waals surface area contributed by atoms with E-state index in [1.54, 1.807) is 4.52 Å². The summed E-state index contributed by atoms with van der Waals surface area (Å²) in [6.45, 7) is 1.95. The van der Waals surface area contributed by atoms with Crippen molar-refractivity contribution in [1.29, 1.82) is 5.41 Å². The Morgan fingerprint density at radius 1 is 1.24 bits per heavy atom. The van der Waals surface area contributed by atoms with Crippen molar-refractivity contribution in [2.45, 2.75) is 17.0 Å². The van der Waals surface area contributed by atoms with Gasteiger partial charge in [0.25, 0.3) is 0 Å². The molecular formula is C17H15N7S. The molecule has 8 heteroatoms. The molecule has 4 aromatic rings. The third kappa shape index (κ3) is 3.24. The van der Waals surface area contributed by atoms with Gasteiger partial charge < -0.3 is 10.7 Å². The number of hydrogen-bond donors (Lipinski definition) is 3. The fourth-order valence-corrected chi connectivity index (χ4v) is 3.14. The van der Waals surface area contributed by atoms with E-state index in [0.717, 1.165) is 21.7 Å². The van der Waals surface area contributed by atoms with Gasteiger partial charge in [0.1, 0.15) is 5.52 Å². The molecule has 0 atom stereocenters. The normalized spacial score (nSPS) is 10.9. The molecule has 25 heavy (non-hydrogen) atoms. The zero-order chi connectivity index (χ0) is 17.2. The number of aromatic amines is 1. The van der Waals surface area contributed by atoms with Crippen LogP contribution in [0.1, 0.15) is 11.3 Å². The topological polar surface area (TPSA) is 94.8 Å². The second-order valence-electron chi connectivity index (χ2n) is 5.46. The molecule has 0 aliphatic rings. The van der Waals surface area contributed by atoms with Gasteiger partial charge in [0.15, 0.2) is 11.6 Å². The molecule has 4 rings (SSSR count). The van der Waals surface area contributed by atoms with Crippen molar-refractivity contribution in [2.75, 3.05) is 5.32 Å². The Kier molecular flexibility index (Phi) is 3.95. The molecule has 0 saturated carbocycles. The average molecular weight is 349 g/mol. The number of nitrogens with one attached hydrogen (secondary N) is 3. The van der Waals surface area contributed by atoms with E-state index in [-0.39, 0.29) is 0 Å². The highest BCUT2D eigenvalue weighted by Crippen LogP contribution is 2.28. The molecule has 0 aliphatic heterocycles. The maximum Gasteiger partial charge on any atom is 0.214 e. The van der Waals surface area contributed by atoms with E-state index in [2.05, 4.69) is 25.6 Å². The molecule has 0 aliphatic carbocycles. The van der Waals surface area contributed by atoms with Crippen LogP contribution in [0.3, 0.4) is 0 Å². The van der Waals surface area contributed by atoms with Crippen LogP contribution in [-0.2, 0) is 0 Å². The molecule has 0 amide bonds. The van der Waals surface area contributed by atoms with Gasteiger partial charge in [-0.05, 0) is 48.5 Å². The molecule has 7 nitrogen and oxygen atoms in total. The first-order valence-corrected chi connectivity index (χ1v) is 8.46. The van der Waals surface area contributed by atoms with E-state index in [1.807, 2.05) is 55.6 Å². The number of hydrogen-bond acceptors (Lipinski definition) is 6. The summed E-state index contributed by atoms with van der Waals surface area (Å²) >= 11 is 1.47. The van der Waals surface area contributed by atoms with Crippen molar-refractivity contribution in [3.63, 3.8) is 0 Å². The highest BCUT2D eigenvalue weighted by Gasteiger charge is 2.10. The molecule has 0 spiro atoms. The van der Waals surface area contributed by atoms with Gasteiger partial charge in [-0.15, -0.1) is 5.10 Å². The monoisotopic (exact) mass is 349 g/mol. The van der Waals surface area contributed by atoms with Crippen LogP contribution in [0.2, 0.25) is 0 Å². The van der Waals surface area contributed by atoms with E-state index >= 15 is 0 Å². The minimum Gasteiger partial charge on any atom is -0.322 e. The van der Waals surface area contributed by atoms with Crippen LogP contribution < -0.4 is 5.32 Å². The highest BCUT2D eigenvalue weighted by atomic mass is 32.2. The Balaban J connectivity index is 1.67. The summed E-state index contributed by atoms with van der Waals surface area (Å²) in [6.07, 6.45) is 3.21. The van der Waals surface area contributed by atoms with Gasteiger partial charge in [0, 0.05) is 29.1 Å². The number of benzene rings is 1. The Hall–Kier alpha value is -3.13. The Morgan fingerprint density at radius 2 is 2.08 bits per heavy atom. The van der Waals surface area contributed by atoms with Crippen LogP contribution in [0.5, 0.6) is 0 Å². The van der Waals surface area contributed by atoms with Gasteiger partial charge in [-0.3, -0.25) is 5.10 Å². The van der Waals surface area contributed by atoms with Gasteiger partial charge in [-0.1, -0.05) is 12.1 Å². The fraction of sp³-hybridized carbons (Fsp3) is 0.0588. The van der Waals surface area contributed by atoms with E-state index in [0.29, 0.717) is 16.8 Å². The van der Waals surface area contributed by atoms with Crippen molar-refractivity contribution in [2.24, 2.45) is 0 Å². The summed E-state index contributed by atoms with van der Waals surface area (Å²) in [5.74, 6) is 1.41. The van der Waals surface area contributed by atoms with Crippen molar-refractivity contribution in [1.82, 2.24) is 24.8 Å². The van der Waals surface area contributed by atoms with Crippen molar-refractivity contribution < 1.29 is 0 Å². The van der Waals surface area contributed by atoms with Crippen molar-refractivity contribution in [3.05, 3.63) is 59.9 Å². The van der Waals surface area contributed by atoms with Crippen LogP contribution in [0.15, 0.2) is 58.7 Å². The second kappa shape index (κ2) is 6.40. The number of anilines is 2. The molecule has 0 fully saturated rings. The summed E-state index contributed by atoms with van der Waals surface area (Å²) in [4.78, 5) is 5.65. The molecule has 3 heterocycles. The van der Waals surface area contributed by atoms with Crippen molar-refractivity contribution >= 4 is 35.1 Å². The smallest absolute Gasteiger partial charge is 0.214 e. The third-order valence-electron chi connectivity index (χ3n) is 3.58. The zero-order valence-corrected chi connectivity index (χ0v) is 14.2. The lowest BCUT2D eigenvalue weighted by atomic mass is 10.2. The maximum absolute atomic E-state index is 7.27. The largest absolute Gasteiger partial charge is 0.322 e. The maximum atomic E-state index is 7.27. The third-order valence-corrected chi connectivity index (χ3v) is 4.44. The summed E-state index contributed by atoms with van der Waals surface area (Å²) in [7, 11) is 0. The summed E-state index contributed by atoms with van der Waals surface area (Å²) in [5, 5.41) is 22.8. The lowest BCUT2D eigenvalue weighted by Gasteiger charge is -2.07. The second-order valence-corrected chi connectivity index (χ2v) is 6.50. The number of H-pyrrole nitrogens is 1. The molecule has 0 saturated heterocycles. The number of nitrogens with zero attached hydrogens (tertiary/aromatic N) is 4. The highest BCUT2D eigenvalue weighted by molar-refractivity contribution is 7.99. The molecule has 0 radical (unpaired) electrons. The SMILES string of the molecule is Cc1cc(Nc2nc(Sc3ccc(C=N)cc3)nn3cccc23)n[nH]1. The summed E-state index contributed by atoms with van der Waals surface area (Å²) in [6, 6.07) is 13.5. The lowest BCUT2D eigenvalue weighted by molar-refractivity contribution is 0.801. The molecule has 3 aromatic heterocycles. The van der Waals surface area contributed by atoms with Crippen LogP contribution in [0.4, 0.5) is 11.6 Å². The first-order valence-electron chi connectivity index (χ1n) is 7.64. The van der Waals surface area contributed by atoms with Gasteiger partial charge >= 0.3 is 0 Å². The van der Waals surface area contributed by atoms with E-state index < -0.39 is 0 Å². The Labute approximate surface area is 148 Å². The summed E-state index contributed by atoms with van der Waals surface area (Å²) in [5.41, 5.74) is 2.72. The van der Waals surface area contributed by atoms with Crippen LogP contribution in [-0.4, -0.2) is 31.0 Å². The predicted molar refractivity (Wildman–Crippen MR) is 98.0 cm³/mol. The standard InChI is InChI=1S/C17H15N7S/c1-11-9-15(22-21-11)19-16-14-3-2-8-24(14)23-17(20-16)25-13-6-4-12(10-18)5-7-13/h2-10,18H,1H3,(H2,19,20,21,22,23). The minimum atomic E-state index is 0.626. The molecule has 124 valence electrons. The number of aryl methyl sites for hydroxylation is 1. The summed E-state index contributed by atoms with van der Waals surface area (Å²) < 4.78 is 1.79. The predicted octanol–water partition coefficient (Wildman–Crippen LogP) is 3.65. The molecule has 3 N–H and O–H groups in total. The quantitative estimate of drug-likeness (QED) is 0.478. The van der Waals surface area contributed by atoms with E-state index in [9.17, 15) is 0 Å². The molecule has 1 aromatic carbocycles. The Bertz CT molecular complexity index is 1030. The average Bonchev–Trinajstić information content (AvgIpc) is 3.24. The lowest BCUT2D eigenvalue weighted by Crippen LogP contribution is -2.02. The van der Waals surface area contributed by atoms with E-state index in [1.165, 1.54) is 18.0 Å². The minimum absolute atomic E-state index is 0.626. The molecule has 0 bridgehead atoms. The molecule has 0 unspecified atom stereocenters. The molecular weight excluding hydrogens is 334 g/mol. The van der Waals surface area contributed by atoms with Crippen LogP contribution in [0.25, 0.3) is 5.52 Å². The van der Waals surface area contributed by atoms with Gasteiger partial charge in [-0.25, -0.2) is 9.50 Å². The fourth-order valence-electron chi connectivity index (χ4n) is 2.39. The zero-order valence-electron chi connectivity index (χ0n) is 13.4. The number of fused-ring (bicyclic) bond motifs is 1. The first-order chi connectivity index (χ1) is 12.2. The van der Waals surface area contributed by atoms with Gasteiger partial charge in [0.2, 0.25) is 5.16 Å². The van der Waals surface area contributed by atoms with Gasteiger partial charge in [0.05, 0.1) is 0 Å². The first kappa shape index (κ1) is 15.4. The van der Waals surface area contributed by atoms with Gasteiger partial charge in [-0.2, -0.15) is 5.10 Å². The number of aromatic nitrogens is 5. The van der Waals surface area contributed by atoms with Crippen LogP contribution >= 0.6 is 11.8 Å². The number of rotatable bonds is 5. The Morgan fingerprint density at radius 3 is 2.80 bits per heavy atom. The van der Waals surface area contributed by atoms with Crippen molar-refractivity contribution in [3.8, 4) is 0 Å².